The zero-order chi connectivity index (χ0) is 20.6. The molecule has 0 aromatic heterocycles. The number of fused-ring (bicyclic) bond motifs is 2. The quantitative estimate of drug-likeness (QED) is 0.249. The maximum Gasteiger partial charge on any atom is 0.251 e. The molecule has 2 fully saturated rings. The van der Waals surface area contributed by atoms with Crippen molar-refractivity contribution in [3.63, 3.8) is 0 Å². The molecule has 2 heterocycles. The highest BCUT2D eigenvalue weighted by Crippen LogP contribution is 2.45. The maximum absolute atomic E-state index is 12.0. The minimum Gasteiger partial charge on any atom is -0.381 e. The molecule has 2 aliphatic rings. The Morgan fingerprint density at radius 1 is 1.07 bits per heavy atom. The standard InChI is InChI=1S/C23H43NO4/c1-5-6-7-11-16-27-17-19-18(20-13-14-21(19)28-20)12-9-8-10-15-23(2,3)22(25)24(4)26/h18-21,26H,5-17H2,1-4H3. The van der Waals surface area contributed by atoms with Crippen molar-refractivity contribution in [1.29, 1.82) is 0 Å². The summed E-state index contributed by atoms with van der Waals surface area (Å²) in [6, 6.07) is 0. The number of hydroxylamine groups is 2. The van der Waals surface area contributed by atoms with Gasteiger partial charge < -0.3 is 9.47 Å². The number of hydrogen-bond donors (Lipinski definition) is 1. The Morgan fingerprint density at radius 2 is 1.75 bits per heavy atom. The first-order valence-electron chi connectivity index (χ1n) is 11.6. The van der Waals surface area contributed by atoms with Crippen molar-refractivity contribution in [3.05, 3.63) is 0 Å². The van der Waals surface area contributed by atoms with Crippen molar-refractivity contribution < 1.29 is 19.5 Å². The Hall–Kier alpha value is -0.650. The third kappa shape index (κ3) is 6.70. The first kappa shape index (κ1) is 23.6. The largest absolute Gasteiger partial charge is 0.381 e. The molecule has 0 aliphatic carbocycles. The molecule has 0 aromatic carbocycles. The molecule has 2 rings (SSSR count). The first-order valence-corrected chi connectivity index (χ1v) is 11.6. The molecule has 5 heteroatoms. The highest BCUT2D eigenvalue weighted by Gasteiger charge is 2.48. The van der Waals surface area contributed by atoms with Gasteiger partial charge in [0.15, 0.2) is 0 Å². The normalized spacial score (nSPS) is 26.8. The van der Waals surface area contributed by atoms with Crippen molar-refractivity contribution in [2.75, 3.05) is 20.3 Å². The van der Waals surface area contributed by atoms with E-state index in [0.717, 1.165) is 37.5 Å². The van der Waals surface area contributed by atoms with E-state index in [4.69, 9.17) is 9.47 Å². The summed E-state index contributed by atoms with van der Waals surface area (Å²) in [6.45, 7) is 7.83. The number of ether oxygens (including phenoxy) is 2. The summed E-state index contributed by atoms with van der Waals surface area (Å²) < 4.78 is 12.2. The van der Waals surface area contributed by atoms with E-state index >= 15 is 0 Å². The topological polar surface area (TPSA) is 59.0 Å². The summed E-state index contributed by atoms with van der Waals surface area (Å²) in [7, 11) is 1.41. The number of nitrogens with zero attached hydrogens (tertiary/aromatic N) is 1. The van der Waals surface area contributed by atoms with Crippen LogP contribution in [-0.4, -0.2) is 48.6 Å². The Labute approximate surface area is 172 Å². The molecule has 4 atom stereocenters. The molecule has 0 aromatic rings. The third-order valence-electron chi connectivity index (χ3n) is 6.75. The molecule has 1 N–H and O–H groups in total. The number of carbonyl (C=O) groups excluding carboxylic acids is 1. The third-order valence-corrected chi connectivity index (χ3v) is 6.75. The second-order valence-corrected chi connectivity index (χ2v) is 9.57. The van der Waals surface area contributed by atoms with Crippen molar-refractivity contribution in [1.82, 2.24) is 5.06 Å². The van der Waals surface area contributed by atoms with Gasteiger partial charge in [-0.2, -0.15) is 0 Å². The minimum atomic E-state index is -0.493. The van der Waals surface area contributed by atoms with Crippen LogP contribution in [0, 0.1) is 17.3 Å². The highest BCUT2D eigenvalue weighted by atomic mass is 16.5. The van der Waals surface area contributed by atoms with Crippen LogP contribution in [0.4, 0.5) is 0 Å². The van der Waals surface area contributed by atoms with Gasteiger partial charge in [-0.25, -0.2) is 5.06 Å². The van der Waals surface area contributed by atoms with E-state index < -0.39 is 5.41 Å². The molecule has 2 saturated heterocycles. The van der Waals surface area contributed by atoms with E-state index in [1.54, 1.807) is 0 Å². The maximum atomic E-state index is 12.0. The number of rotatable bonds is 14. The highest BCUT2D eigenvalue weighted by molar-refractivity contribution is 5.80. The van der Waals surface area contributed by atoms with Crippen LogP contribution in [0.15, 0.2) is 0 Å². The van der Waals surface area contributed by atoms with Crippen LogP contribution in [-0.2, 0) is 14.3 Å². The van der Waals surface area contributed by atoms with Gasteiger partial charge in [-0.05, 0) is 38.0 Å². The zero-order valence-electron chi connectivity index (χ0n) is 18.6. The molecular weight excluding hydrogens is 354 g/mol. The predicted molar refractivity (Wildman–Crippen MR) is 111 cm³/mol. The fourth-order valence-electron chi connectivity index (χ4n) is 5.02. The molecule has 2 aliphatic heterocycles. The average molecular weight is 398 g/mol. The number of hydrogen-bond acceptors (Lipinski definition) is 4. The number of unbranched alkanes of at least 4 members (excludes halogenated alkanes) is 5. The molecular formula is C23H43NO4. The van der Waals surface area contributed by atoms with Gasteiger partial charge in [0.1, 0.15) is 0 Å². The van der Waals surface area contributed by atoms with E-state index in [2.05, 4.69) is 6.92 Å². The van der Waals surface area contributed by atoms with E-state index in [0.29, 0.717) is 24.0 Å². The summed E-state index contributed by atoms with van der Waals surface area (Å²) in [5, 5.41) is 10.1. The van der Waals surface area contributed by atoms with Gasteiger partial charge in [0, 0.05) is 25.0 Å². The Kier molecular flexibility index (Phi) is 9.72. The smallest absolute Gasteiger partial charge is 0.251 e. The minimum absolute atomic E-state index is 0.204. The Morgan fingerprint density at radius 3 is 2.43 bits per heavy atom. The zero-order valence-corrected chi connectivity index (χ0v) is 18.6. The fraction of sp³-hybridized carbons (Fsp3) is 0.957. The lowest BCUT2D eigenvalue weighted by atomic mass is 9.77. The van der Waals surface area contributed by atoms with Crippen LogP contribution in [0.1, 0.15) is 91.4 Å². The summed E-state index contributed by atoms with van der Waals surface area (Å²) in [5.74, 6) is 1.02. The van der Waals surface area contributed by atoms with Crippen LogP contribution in [0.2, 0.25) is 0 Å². The lowest BCUT2D eigenvalue weighted by Gasteiger charge is -2.28. The Balaban J connectivity index is 1.65. The number of carbonyl (C=O) groups is 1. The molecule has 2 bridgehead atoms. The summed E-state index contributed by atoms with van der Waals surface area (Å²) in [4.78, 5) is 12.0. The average Bonchev–Trinajstić information content (AvgIpc) is 3.25. The second kappa shape index (κ2) is 11.5. The predicted octanol–water partition coefficient (Wildman–Crippen LogP) is 5.20. The molecule has 0 radical (unpaired) electrons. The molecule has 0 saturated carbocycles. The second-order valence-electron chi connectivity index (χ2n) is 9.57. The molecule has 4 unspecified atom stereocenters. The van der Waals surface area contributed by atoms with E-state index in [9.17, 15) is 10.0 Å². The van der Waals surface area contributed by atoms with Gasteiger partial charge in [0.05, 0.1) is 18.8 Å². The summed E-state index contributed by atoms with van der Waals surface area (Å²) in [5.41, 5.74) is -0.493. The van der Waals surface area contributed by atoms with Crippen LogP contribution in [0.5, 0.6) is 0 Å². The molecule has 5 nitrogen and oxygen atoms in total. The Bertz CT molecular complexity index is 466. The molecule has 164 valence electrons. The van der Waals surface area contributed by atoms with Gasteiger partial charge in [0.25, 0.3) is 5.91 Å². The van der Waals surface area contributed by atoms with Crippen LogP contribution in [0.3, 0.4) is 0 Å². The lowest BCUT2D eigenvalue weighted by Crippen LogP contribution is -2.36. The lowest BCUT2D eigenvalue weighted by molar-refractivity contribution is -0.169. The van der Waals surface area contributed by atoms with Crippen molar-refractivity contribution >= 4 is 5.91 Å². The fourth-order valence-corrected chi connectivity index (χ4v) is 5.02. The van der Waals surface area contributed by atoms with Gasteiger partial charge in [-0.15, -0.1) is 0 Å². The first-order chi connectivity index (χ1) is 13.4. The molecule has 28 heavy (non-hydrogen) atoms. The summed E-state index contributed by atoms with van der Waals surface area (Å²) in [6.07, 6.45) is 13.7. The van der Waals surface area contributed by atoms with Crippen LogP contribution >= 0.6 is 0 Å². The van der Waals surface area contributed by atoms with Crippen LogP contribution in [0.25, 0.3) is 0 Å². The van der Waals surface area contributed by atoms with Gasteiger partial charge in [-0.1, -0.05) is 59.3 Å². The monoisotopic (exact) mass is 397 g/mol. The molecule has 1 amide bonds. The van der Waals surface area contributed by atoms with Gasteiger partial charge in [0.2, 0.25) is 0 Å². The number of amides is 1. The van der Waals surface area contributed by atoms with Gasteiger partial charge >= 0.3 is 0 Å². The van der Waals surface area contributed by atoms with E-state index in [-0.39, 0.29) is 5.91 Å². The SMILES string of the molecule is CCCCCCOCC1C2CCC(O2)C1CCCCCC(C)(C)C(=O)N(C)O. The van der Waals surface area contributed by atoms with Gasteiger partial charge in [-0.3, -0.25) is 10.0 Å². The van der Waals surface area contributed by atoms with Crippen molar-refractivity contribution in [2.45, 2.75) is 104 Å². The van der Waals surface area contributed by atoms with Crippen molar-refractivity contribution in [2.24, 2.45) is 17.3 Å². The van der Waals surface area contributed by atoms with Crippen molar-refractivity contribution in [3.8, 4) is 0 Å². The molecule has 0 spiro atoms. The van der Waals surface area contributed by atoms with E-state index in [1.807, 2.05) is 13.8 Å². The summed E-state index contributed by atoms with van der Waals surface area (Å²) >= 11 is 0. The van der Waals surface area contributed by atoms with Crippen LogP contribution < -0.4 is 0 Å². The van der Waals surface area contributed by atoms with E-state index in [1.165, 1.54) is 58.4 Å².